The van der Waals surface area contributed by atoms with Gasteiger partial charge in [0.05, 0.1) is 12.6 Å². The Morgan fingerprint density at radius 3 is 2.86 bits per heavy atom. The molecule has 0 bridgehead atoms. The molecule has 1 aromatic heterocycles. The lowest BCUT2D eigenvalue weighted by Crippen LogP contribution is -2.42. The molecular formula is C17H23ClN2O2. The molecule has 0 fully saturated rings. The van der Waals surface area contributed by atoms with Crippen molar-refractivity contribution in [1.82, 2.24) is 9.88 Å². The summed E-state index contributed by atoms with van der Waals surface area (Å²) in [6.07, 6.45) is 3.27. The van der Waals surface area contributed by atoms with Crippen LogP contribution in [-0.4, -0.2) is 28.2 Å². The van der Waals surface area contributed by atoms with Gasteiger partial charge in [0.1, 0.15) is 0 Å². The minimum Gasteiger partial charge on any atom is -0.394 e. The molecule has 0 aliphatic carbocycles. The number of nitrogens with zero attached hydrogens (tertiary/aromatic N) is 1. The topological polar surface area (TPSA) is 54.3 Å². The number of benzene rings is 1. The Balaban J connectivity index is 1.96. The number of halogens is 1. The van der Waals surface area contributed by atoms with Crippen molar-refractivity contribution < 1.29 is 9.90 Å². The minimum atomic E-state index is -0.173. The summed E-state index contributed by atoms with van der Waals surface area (Å²) >= 11 is 6.03. The van der Waals surface area contributed by atoms with Crippen molar-refractivity contribution in [3.8, 4) is 0 Å². The normalized spacial score (nSPS) is 14.0. The lowest BCUT2D eigenvalue weighted by Gasteiger charge is -2.22. The smallest absolute Gasteiger partial charge is 0.222 e. The van der Waals surface area contributed by atoms with Gasteiger partial charge in [-0.1, -0.05) is 37.9 Å². The monoisotopic (exact) mass is 322 g/mol. The fraction of sp³-hybridized carbons (Fsp3) is 0.471. The summed E-state index contributed by atoms with van der Waals surface area (Å²) in [4.78, 5) is 12.1. The molecule has 2 rings (SSSR count). The Labute approximate surface area is 136 Å². The molecule has 5 heteroatoms. The number of rotatable bonds is 7. The predicted molar refractivity (Wildman–Crippen MR) is 90.0 cm³/mol. The largest absolute Gasteiger partial charge is 0.394 e. The van der Waals surface area contributed by atoms with E-state index in [9.17, 15) is 9.90 Å². The number of hydrogen-bond acceptors (Lipinski definition) is 2. The van der Waals surface area contributed by atoms with Gasteiger partial charge in [0.15, 0.2) is 0 Å². The van der Waals surface area contributed by atoms with Gasteiger partial charge in [0, 0.05) is 29.7 Å². The van der Waals surface area contributed by atoms with E-state index >= 15 is 0 Å². The zero-order valence-electron chi connectivity index (χ0n) is 13.1. The van der Waals surface area contributed by atoms with Gasteiger partial charge in [-0.2, -0.15) is 0 Å². The Morgan fingerprint density at radius 2 is 2.18 bits per heavy atom. The number of carbonyl (C=O) groups excluding carboxylic acids is 1. The minimum absolute atomic E-state index is 0.0250. The zero-order chi connectivity index (χ0) is 16.1. The summed E-state index contributed by atoms with van der Waals surface area (Å²) in [5.41, 5.74) is 1.03. The summed E-state index contributed by atoms with van der Waals surface area (Å²) in [6, 6.07) is 7.58. The van der Waals surface area contributed by atoms with Crippen molar-refractivity contribution in [2.24, 2.45) is 5.92 Å². The van der Waals surface area contributed by atoms with Crippen molar-refractivity contribution in [1.29, 1.82) is 0 Å². The van der Waals surface area contributed by atoms with Gasteiger partial charge < -0.3 is 15.0 Å². The molecule has 2 atom stereocenters. The maximum absolute atomic E-state index is 12.1. The van der Waals surface area contributed by atoms with E-state index in [1.807, 2.05) is 42.0 Å². The maximum atomic E-state index is 12.1. The van der Waals surface area contributed by atoms with E-state index in [1.165, 1.54) is 0 Å². The van der Waals surface area contributed by atoms with E-state index in [1.54, 1.807) is 0 Å². The summed E-state index contributed by atoms with van der Waals surface area (Å²) < 4.78 is 2.03. The second-order valence-electron chi connectivity index (χ2n) is 5.70. The number of fused-ring (bicyclic) bond motifs is 1. The molecule has 1 amide bonds. The predicted octanol–water partition coefficient (Wildman–Crippen LogP) is 3.21. The summed E-state index contributed by atoms with van der Waals surface area (Å²) in [5.74, 6) is 0.225. The Morgan fingerprint density at radius 1 is 1.41 bits per heavy atom. The van der Waals surface area contributed by atoms with Crippen LogP contribution in [-0.2, 0) is 11.3 Å². The van der Waals surface area contributed by atoms with E-state index in [0.717, 1.165) is 17.3 Å². The highest BCUT2D eigenvalue weighted by atomic mass is 35.5. The number of aromatic nitrogens is 1. The van der Waals surface area contributed by atoms with Crippen LogP contribution in [0.25, 0.3) is 10.9 Å². The van der Waals surface area contributed by atoms with Gasteiger partial charge in [-0.15, -0.1) is 0 Å². The SMILES string of the molecule is CC[C@@H](C)[C@@H](CO)NC(=O)CCn1ccc2ccc(Cl)cc21. The van der Waals surface area contributed by atoms with Crippen molar-refractivity contribution in [2.75, 3.05) is 6.61 Å². The quantitative estimate of drug-likeness (QED) is 0.822. The highest BCUT2D eigenvalue weighted by Gasteiger charge is 2.17. The van der Waals surface area contributed by atoms with E-state index in [4.69, 9.17) is 11.6 Å². The first-order valence-corrected chi connectivity index (χ1v) is 8.07. The van der Waals surface area contributed by atoms with Gasteiger partial charge in [0.25, 0.3) is 0 Å². The van der Waals surface area contributed by atoms with Crippen LogP contribution in [0.1, 0.15) is 26.7 Å². The molecular weight excluding hydrogens is 300 g/mol. The van der Waals surface area contributed by atoms with Crippen LogP contribution in [0.3, 0.4) is 0 Å². The average molecular weight is 323 g/mol. The molecule has 1 heterocycles. The first kappa shape index (κ1) is 16.8. The lowest BCUT2D eigenvalue weighted by atomic mass is 10.00. The van der Waals surface area contributed by atoms with Gasteiger partial charge in [-0.25, -0.2) is 0 Å². The molecule has 22 heavy (non-hydrogen) atoms. The highest BCUT2D eigenvalue weighted by Crippen LogP contribution is 2.20. The van der Waals surface area contributed by atoms with Crippen molar-refractivity contribution in [3.63, 3.8) is 0 Å². The van der Waals surface area contributed by atoms with Crippen LogP contribution in [0.5, 0.6) is 0 Å². The molecule has 0 unspecified atom stereocenters. The van der Waals surface area contributed by atoms with Gasteiger partial charge in [-0.3, -0.25) is 4.79 Å². The van der Waals surface area contributed by atoms with E-state index in [0.29, 0.717) is 18.0 Å². The van der Waals surface area contributed by atoms with Crippen molar-refractivity contribution in [3.05, 3.63) is 35.5 Å². The van der Waals surface area contributed by atoms with Crippen LogP contribution < -0.4 is 5.32 Å². The second-order valence-corrected chi connectivity index (χ2v) is 6.14. The number of aliphatic hydroxyl groups is 1. The van der Waals surface area contributed by atoms with Gasteiger partial charge in [-0.05, 0) is 29.5 Å². The van der Waals surface area contributed by atoms with Gasteiger partial charge >= 0.3 is 0 Å². The third kappa shape index (κ3) is 4.02. The van der Waals surface area contributed by atoms with Crippen LogP contribution in [0.15, 0.2) is 30.5 Å². The molecule has 0 saturated carbocycles. The summed E-state index contributed by atoms with van der Waals surface area (Å²) in [7, 11) is 0. The fourth-order valence-corrected chi connectivity index (χ4v) is 2.67. The van der Waals surface area contributed by atoms with Gasteiger partial charge in [0.2, 0.25) is 5.91 Å². The van der Waals surface area contributed by atoms with Crippen LogP contribution in [0.2, 0.25) is 5.02 Å². The molecule has 2 N–H and O–H groups in total. The molecule has 4 nitrogen and oxygen atoms in total. The number of nitrogens with one attached hydrogen (secondary N) is 1. The Hall–Kier alpha value is -1.52. The second kappa shape index (κ2) is 7.65. The van der Waals surface area contributed by atoms with E-state index < -0.39 is 0 Å². The maximum Gasteiger partial charge on any atom is 0.222 e. The molecule has 0 aliphatic heterocycles. The average Bonchev–Trinajstić information content (AvgIpc) is 2.92. The van der Waals surface area contributed by atoms with Crippen LogP contribution >= 0.6 is 11.6 Å². The number of amides is 1. The van der Waals surface area contributed by atoms with Crippen LogP contribution in [0.4, 0.5) is 0 Å². The molecule has 0 spiro atoms. The summed E-state index contributed by atoms with van der Waals surface area (Å²) in [6.45, 7) is 4.65. The Kier molecular flexibility index (Phi) is 5.86. The molecule has 2 aromatic rings. The lowest BCUT2D eigenvalue weighted by molar-refractivity contribution is -0.122. The van der Waals surface area contributed by atoms with Crippen LogP contribution in [0, 0.1) is 5.92 Å². The Bertz CT molecular complexity index is 639. The van der Waals surface area contributed by atoms with E-state index in [2.05, 4.69) is 12.2 Å². The van der Waals surface area contributed by atoms with Crippen molar-refractivity contribution >= 4 is 28.4 Å². The first-order chi connectivity index (χ1) is 10.5. The van der Waals surface area contributed by atoms with Crippen molar-refractivity contribution in [2.45, 2.75) is 39.3 Å². The first-order valence-electron chi connectivity index (χ1n) is 7.69. The zero-order valence-corrected chi connectivity index (χ0v) is 13.8. The van der Waals surface area contributed by atoms with E-state index in [-0.39, 0.29) is 24.5 Å². The molecule has 0 radical (unpaired) electrons. The fourth-order valence-electron chi connectivity index (χ4n) is 2.51. The third-order valence-electron chi connectivity index (χ3n) is 4.19. The highest BCUT2D eigenvalue weighted by molar-refractivity contribution is 6.31. The standard InChI is InChI=1S/C17H23ClN2O2/c1-3-12(2)15(11-21)19-17(22)7-9-20-8-6-13-4-5-14(18)10-16(13)20/h4-6,8,10,12,15,21H,3,7,9,11H2,1-2H3,(H,19,22)/t12-,15-/m1/s1. The number of hydrogen-bond donors (Lipinski definition) is 2. The number of aliphatic hydroxyl groups excluding tert-OH is 1. The number of carbonyl (C=O) groups is 1. The summed E-state index contributed by atoms with van der Waals surface area (Å²) in [5, 5.41) is 14.1. The third-order valence-corrected chi connectivity index (χ3v) is 4.42. The molecule has 120 valence electrons. The number of aryl methyl sites for hydroxylation is 1. The molecule has 0 aliphatic rings. The molecule has 0 saturated heterocycles. The molecule has 1 aromatic carbocycles.